The molecule has 1 fully saturated rings. The number of hydrogen-bond acceptors (Lipinski definition) is 5. The quantitative estimate of drug-likeness (QED) is 0.101. The minimum atomic E-state index is -0.914. The van der Waals surface area contributed by atoms with E-state index in [4.69, 9.17) is 28.3 Å². The molecular weight excluding hydrogens is 532 g/mol. The molecule has 1 aliphatic carbocycles. The molecule has 0 heterocycles. The number of carbonyl (C=O) groups excluding carboxylic acids is 3. The number of nitrogens with two attached hydrogens (primary N) is 4. The van der Waals surface area contributed by atoms with Crippen LogP contribution in [0.3, 0.4) is 0 Å². The van der Waals surface area contributed by atoms with Gasteiger partial charge in [0.15, 0.2) is 5.96 Å². The number of amidine groups is 1. The number of guanidine groups is 1. The van der Waals surface area contributed by atoms with Crippen molar-refractivity contribution in [2.75, 3.05) is 6.54 Å². The number of aryl methyl sites for hydroxylation is 1. The molecule has 11 nitrogen and oxygen atoms in total. The Morgan fingerprint density at radius 2 is 1.55 bits per heavy atom. The van der Waals surface area contributed by atoms with Crippen LogP contribution in [0, 0.1) is 18.3 Å². The van der Waals surface area contributed by atoms with E-state index in [2.05, 4.69) is 15.6 Å². The molecule has 226 valence electrons. The molecule has 0 radical (unpaired) electrons. The van der Waals surface area contributed by atoms with Crippen molar-refractivity contribution < 1.29 is 14.4 Å². The van der Waals surface area contributed by atoms with E-state index in [0.29, 0.717) is 24.9 Å². The number of nitrogen functional groups attached to an aromatic ring is 1. The first-order valence-electron chi connectivity index (χ1n) is 14.5. The second kappa shape index (κ2) is 15.6. The maximum atomic E-state index is 14.0. The summed E-state index contributed by atoms with van der Waals surface area (Å²) in [5, 5.41) is 13.5. The maximum Gasteiger partial charge on any atom is 0.243 e. The number of hydrogen-bond donors (Lipinski definition) is 7. The lowest BCUT2D eigenvalue weighted by atomic mass is 9.82. The lowest BCUT2D eigenvalue weighted by Gasteiger charge is -2.32. The van der Waals surface area contributed by atoms with E-state index in [1.54, 1.807) is 12.1 Å². The molecular formula is C31H44N8O3. The van der Waals surface area contributed by atoms with Gasteiger partial charge in [0.25, 0.3) is 0 Å². The Hall–Kier alpha value is -4.41. The van der Waals surface area contributed by atoms with Crippen molar-refractivity contribution in [1.82, 2.24) is 10.6 Å². The lowest BCUT2D eigenvalue weighted by Crippen LogP contribution is -2.56. The maximum absolute atomic E-state index is 14.0. The molecule has 0 saturated heterocycles. The number of amides is 3. The third kappa shape index (κ3) is 9.60. The van der Waals surface area contributed by atoms with Gasteiger partial charge in [-0.3, -0.25) is 24.8 Å². The second-order valence-corrected chi connectivity index (χ2v) is 11.1. The Balaban J connectivity index is 1.84. The summed E-state index contributed by atoms with van der Waals surface area (Å²) in [6.07, 6.45) is 5.71. The normalized spacial score (nSPS) is 15.5. The van der Waals surface area contributed by atoms with Gasteiger partial charge in [-0.25, -0.2) is 0 Å². The van der Waals surface area contributed by atoms with Crippen LogP contribution in [-0.4, -0.2) is 48.1 Å². The van der Waals surface area contributed by atoms with Crippen LogP contribution in [0.15, 0.2) is 53.5 Å². The Morgan fingerprint density at radius 3 is 2.12 bits per heavy atom. The van der Waals surface area contributed by atoms with E-state index in [1.165, 1.54) is 0 Å². The van der Waals surface area contributed by atoms with Gasteiger partial charge in [0.05, 0.1) is 5.92 Å². The van der Waals surface area contributed by atoms with Crippen LogP contribution < -0.4 is 33.6 Å². The third-order valence-corrected chi connectivity index (χ3v) is 7.81. The van der Waals surface area contributed by atoms with Gasteiger partial charge >= 0.3 is 0 Å². The number of carbonyl (C=O) groups is 3. The summed E-state index contributed by atoms with van der Waals surface area (Å²) < 4.78 is 0. The number of nitrogens with one attached hydrogen (secondary N) is 3. The third-order valence-electron chi connectivity index (χ3n) is 7.81. The Morgan fingerprint density at radius 1 is 0.905 bits per heavy atom. The van der Waals surface area contributed by atoms with Crippen LogP contribution in [-0.2, 0) is 20.8 Å². The van der Waals surface area contributed by atoms with Gasteiger partial charge in [-0.2, -0.15) is 0 Å². The van der Waals surface area contributed by atoms with E-state index in [-0.39, 0.29) is 30.0 Å². The molecule has 0 spiro atoms. The fourth-order valence-electron chi connectivity index (χ4n) is 5.39. The summed E-state index contributed by atoms with van der Waals surface area (Å²) in [4.78, 5) is 43.8. The van der Waals surface area contributed by atoms with Gasteiger partial charge in [0.2, 0.25) is 17.7 Å². The number of primary amides is 1. The van der Waals surface area contributed by atoms with Gasteiger partial charge in [0, 0.05) is 12.1 Å². The fourth-order valence-corrected chi connectivity index (χ4v) is 5.39. The van der Waals surface area contributed by atoms with Crippen LogP contribution >= 0.6 is 0 Å². The smallest absolute Gasteiger partial charge is 0.243 e. The molecule has 0 aromatic heterocycles. The van der Waals surface area contributed by atoms with E-state index in [9.17, 15) is 14.4 Å². The van der Waals surface area contributed by atoms with Gasteiger partial charge < -0.3 is 33.6 Å². The second-order valence-electron chi connectivity index (χ2n) is 11.1. The number of nitrogens with zero attached hydrogens (tertiary/aromatic N) is 1. The van der Waals surface area contributed by atoms with Crippen LogP contribution in [0.4, 0.5) is 0 Å². The Kier molecular flexibility index (Phi) is 11.9. The summed E-state index contributed by atoms with van der Waals surface area (Å²) in [5.41, 5.74) is 25.4. The van der Waals surface area contributed by atoms with Crippen molar-refractivity contribution in [2.24, 2.45) is 33.8 Å². The van der Waals surface area contributed by atoms with Crippen molar-refractivity contribution in [3.05, 3.63) is 70.8 Å². The predicted molar refractivity (Wildman–Crippen MR) is 165 cm³/mol. The summed E-state index contributed by atoms with van der Waals surface area (Å²) in [6, 6.07) is 13.3. The average Bonchev–Trinajstić information content (AvgIpc) is 2.97. The molecule has 3 rings (SSSR count). The van der Waals surface area contributed by atoms with Crippen LogP contribution in [0.25, 0.3) is 0 Å². The zero-order chi connectivity index (χ0) is 30.6. The largest absolute Gasteiger partial charge is 0.384 e. The molecule has 3 amide bonds. The van der Waals surface area contributed by atoms with Gasteiger partial charge in [0.1, 0.15) is 17.9 Å². The Bertz CT molecular complexity index is 1250. The summed E-state index contributed by atoms with van der Waals surface area (Å²) in [5.74, 6) is -2.06. The zero-order valence-corrected chi connectivity index (χ0v) is 24.3. The van der Waals surface area contributed by atoms with Crippen LogP contribution in [0.2, 0.25) is 0 Å². The highest BCUT2D eigenvalue weighted by atomic mass is 16.2. The van der Waals surface area contributed by atoms with E-state index in [1.807, 2.05) is 43.3 Å². The van der Waals surface area contributed by atoms with E-state index >= 15 is 0 Å². The molecule has 1 saturated carbocycles. The number of rotatable bonds is 14. The molecule has 1 aliphatic rings. The predicted octanol–water partition coefficient (Wildman–Crippen LogP) is 1.69. The topological polar surface area (TPSA) is 216 Å². The molecule has 11 heteroatoms. The average molecular weight is 577 g/mol. The first-order valence-corrected chi connectivity index (χ1v) is 14.5. The summed E-state index contributed by atoms with van der Waals surface area (Å²) in [7, 11) is 0. The summed E-state index contributed by atoms with van der Waals surface area (Å²) >= 11 is 0. The van der Waals surface area contributed by atoms with Gasteiger partial charge in [-0.15, -0.1) is 0 Å². The van der Waals surface area contributed by atoms with Crippen molar-refractivity contribution in [3.8, 4) is 0 Å². The lowest BCUT2D eigenvalue weighted by molar-refractivity contribution is -0.133. The standard InChI is InChI=1S/C31H44N8O3/c1-19-9-13-21(14-10-19)24(18-20-11-15-23(16-12-20)27(32)33)29(41)39-26(22-6-3-2-4-7-22)30(42)38-25(28(34)40)8-5-17-37-31(35)36/h9-16,22,24-26H,2-8,17-18H2,1H3,(H3,32,33)(H2,34,40)(H,38,42)(H,39,41)(H4,35,36,37)/t24-,25?,26-/m0/s1. The highest BCUT2D eigenvalue weighted by Crippen LogP contribution is 2.28. The minimum absolute atomic E-state index is 0.0267. The molecule has 42 heavy (non-hydrogen) atoms. The highest BCUT2D eigenvalue weighted by molar-refractivity contribution is 5.95. The fraction of sp³-hybridized carbons (Fsp3) is 0.452. The molecule has 0 bridgehead atoms. The SMILES string of the molecule is Cc1ccc([C@H](Cc2ccc(C(=N)N)cc2)C(=O)N[C@H](C(=O)NC(CCCN=C(N)N)C(N)=O)C2CCCCC2)cc1. The molecule has 2 aromatic carbocycles. The molecule has 2 aromatic rings. The summed E-state index contributed by atoms with van der Waals surface area (Å²) in [6.45, 7) is 2.28. The molecule has 11 N–H and O–H groups in total. The first-order chi connectivity index (χ1) is 20.0. The molecule has 3 atom stereocenters. The molecule has 1 unspecified atom stereocenters. The van der Waals surface area contributed by atoms with Gasteiger partial charge in [-0.05, 0) is 56.1 Å². The molecule has 0 aliphatic heterocycles. The van der Waals surface area contributed by atoms with E-state index < -0.39 is 29.8 Å². The van der Waals surface area contributed by atoms with Crippen molar-refractivity contribution in [3.63, 3.8) is 0 Å². The number of aliphatic imine (C=N–C) groups is 1. The van der Waals surface area contributed by atoms with Crippen molar-refractivity contribution in [2.45, 2.75) is 76.3 Å². The number of benzene rings is 2. The zero-order valence-electron chi connectivity index (χ0n) is 24.3. The highest BCUT2D eigenvalue weighted by Gasteiger charge is 2.35. The monoisotopic (exact) mass is 576 g/mol. The first kappa shape index (κ1) is 32.1. The van der Waals surface area contributed by atoms with Crippen LogP contribution in [0.5, 0.6) is 0 Å². The van der Waals surface area contributed by atoms with Crippen LogP contribution in [0.1, 0.15) is 73.1 Å². The Labute approximate surface area is 247 Å². The van der Waals surface area contributed by atoms with Gasteiger partial charge in [-0.1, -0.05) is 73.4 Å². The van der Waals surface area contributed by atoms with E-state index in [0.717, 1.165) is 48.8 Å². The van der Waals surface area contributed by atoms with Crippen molar-refractivity contribution in [1.29, 1.82) is 5.41 Å². The van der Waals surface area contributed by atoms with Crippen molar-refractivity contribution >= 4 is 29.5 Å². The minimum Gasteiger partial charge on any atom is -0.384 e.